The van der Waals surface area contributed by atoms with Crippen LogP contribution >= 0.6 is 0 Å². The van der Waals surface area contributed by atoms with Crippen molar-refractivity contribution in [1.82, 2.24) is 24.9 Å². The molecule has 1 aromatic carbocycles. The molecule has 3 heterocycles. The van der Waals surface area contributed by atoms with Crippen LogP contribution in [0.4, 0.5) is 0 Å². The van der Waals surface area contributed by atoms with Crippen LogP contribution in [0.5, 0.6) is 0 Å². The molecule has 0 bridgehead atoms. The van der Waals surface area contributed by atoms with Crippen LogP contribution in [0.3, 0.4) is 0 Å². The second-order valence-corrected chi connectivity index (χ2v) is 6.33. The molecule has 7 nitrogen and oxygen atoms in total. The predicted molar refractivity (Wildman–Crippen MR) is 97.4 cm³/mol. The van der Waals surface area contributed by atoms with E-state index in [4.69, 9.17) is 4.74 Å². The molecule has 1 aliphatic rings. The molecule has 1 aliphatic heterocycles. The van der Waals surface area contributed by atoms with E-state index < -0.39 is 0 Å². The zero-order chi connectivity index (χ0) is 17.8. The number of aromatic nitrogens is 4. The predicted octanol–water partition coefficient (Wildman–Crippen LogP) is 1.20. The summed E-state index contributed by atoms with van der Waals surface area (Å²) in [6.07, 6.45) is 4.42. The molecule has 7 heteroatoms. The summed E-state index contributed by atoms with van der Waals surface area (Å²) in [5.41, 5.74) is 1.15. The van der Waals surface area contributed by atoms with Crippen molar-refractivity contribution >= 4 is 0 Å². The number of hydrogen-bond donors (Lipinski definition) is 1. The van der Waals surface area contributed by atoms with Gasteiger partial charge in [-0.25, -0.2) is 9.36 Å². The van der Waals surface area contributed by atoms with Gasteiger partial charge in [-0.2, -0.15) is 5.10 Å². The maximum atomic E-state index is 12.4. The number of nitrogens with one attached hydrogen (secondary N) is 1. The van der Waals surface area contributed by atoms with Crippen molar-refractivity contribution < 1.29 is 4.74 Å². The van der Waals surface area contributed by atoms with Crippen molar-refractivity contribution in [3.8, 4) is 5.82 Å². The normalized spacial score (nSPS) is 19.7. The quantitative estimate of drug-likeness (QED) is 0.722. The highest BCUT2D eigenvalue weighted by atomic mass is 16.5. The van der Waals surface area contributed by atoms with E-state index in [1.165, 1.54) is 16.3 Å². The summed E-state index contributed by atoms with van der Waals surface area (Å²) in [6.45, 7) is 1.86. The number of hydrogen-bond acceptors (Lipinski definition) is 5. The monoisotopic (exact) mass is 351 g/mol. The van der Waals surface area contributed by atoms with Crippen molar-refractivity contribution in [3.05, 3.63) is 76.8 Å². The van der Waals surface area contributed by atoms with Gasteiger partial charge in [0.05, 0.1) is 25.3 Å². The second kappa shape index (κ2) is 7.63. The number of nitrogens with zero attached hydrogens (tertiary/aromatic N) is 4. The molecule has 3 aromatic rings. The summed E-state index contributed by atoms with van der Waals surface area (Å²) < 4.78 is 8.79. The van der Waals surface area contributed by atoms with Gasteiger partial charge in [0.25, 0.3) is 5.56 Å². The Morgan fingerprint density at radius 2 is 2.00 bits per heavy atom. The van der Waals surface area contributed by atoms with Gasteiger partial charge in [0.1, 0.15) is 0 Å². The third kappa shape index (κ3) is 3.58. The van der Waals surface area contributed by atoms with E-state index in [0.717, 1.165) is 13.0 Å². The minimum atomic E-state index is -0.133. The summed E-state index contributed by atoms with van der Waals surface area (Å²) in [5.74, 6) is 0.615. The van der Waals surface area contributed by atoms with Gasteiger partial charge in [-0.3, -0.25) is 4.79 Å². The lowest BCUT2D eigenvalue weighted by Crippen LogP contribution is -2.42. The average Bonchev–Trinajstić information content (AvgIpc) is 3.35. The Hall–Kier alpha value is -2.77. The molecule has 2 unspecified atom stereocenters. The Morgan fingerprint density at radius 3 is 2.81 bits per heavy atom. The van der Waals surface area contributed by atoms with Gasteiger partial charge in [-0.05, 0) is 30.7 Å². The molecular weight excluding hydrogens is 330 g/mol. The Kier molecular flexibility index (Phi) is 4.90. The van der Waals surface area contributed by atoms with Crippen LogP contribution in [0, 0.1) is 0 Å². The first kappa shape index (κ1) is 16.7. The van der Waals surface area contributed by atoms with Crippen LogP contribution in [0.2, 0.25) is 0 Å². The summed E-state index contributed by atoms with van der Waals surface area (Å²) >= 11 is 0. The molecule has 1 fully saturated rings. The molecule has 2 aromatic heterocycles. The molecule has 0 saturated carbocycles. The number of rotatable bonds is 6. The van der Waals surface area contributed by atoms with Gasteiger partial charge in [0.2, 0.25) is 0 Å². The third-order valence-corrected chi connectivity index (χ3v) is 4.58. The molecule has 0 radical (unpaired) electrons. The second-order valence-electron chi connectivity index (χ2n) is 6.33. The molecule has 0 aliphatic carbocycles. The minimum absolute atomic E-state index is 0.0526. The smallest absolute Gasteiger partial charge is 0.267 e. The molecule has 26 heavy (non-hydrogen) atoms. The standard InChI is InChI=1S/C19H21N5O2/c25-19-8-7-18(23-12-4-10-21-23)22-24(19)17-14-26-13-16(17)20-11-9-15-5-2-1-3-6-15/h1-8,10,12,16-17,20H,9,11,13-14H2. The molecule has 2 atom stereocenters. The molecular formula is C19H21N5O2. The van der Waals surface area contributed by atoms with Gasteiger partial charge in [-0.1, -0.05) is 30.3 Å². The van der Waals surface area contributed by atoms with E-state index in [0.29, 0.717) is 19.0 Å². The highest BCUT2D eigenvalue weighted by Gasteiger charge is 2.31. The molecule has 1 N–H and O–H groups in total. The van der Waals surface area contributed by atoms with Crippen LogP contribution in [0.1, 0.15) is 11.6 Å². The van der Waals surface area contributed by atoms with E-state index in [1.807, 2.05) is 24.3 Å². The molecule has 0 spiro atoms. The third-order valence-electron chi connectivity index (χ3n) is 4.58. The molecule has 1 saturated heterocycles. The average molecular weight is 351 g/mol. The zero-order valence-electron chi connectivity index (χ0n) is 14.4. The van der Waals surface area contributed by atoms with E-state index in [9.17, 15) is 4.79 Å². The lowest BCUT2D eigenvalue weighted by molar-refractivity contribution is 0.181. The van der Waals surface area contributed by atoms with Gasteiger partial charge >= 0.3 is 0 Å². The Labute approximate surface area is 151 Å². The van der Waals surface area contributed by atoms with Crippen molar-refractivity contribution in [2.45, 2.75) is 18.5 Å². The lowest BCUT2D eigenvalue weighted by atomic mass is 10.1. The SMILES string of the molecule is O=c1ccc(-n2cccn2)nn1C1COCC1NCCc1ccccc1. The van der Waals surface area contributed by atoms with Gasteiger partial charge in [-0.15, -0.1) is 5.10 Å². The van der Waals surface area contributed by atoms with Crippen molar-refractivity contribution in [2.24, 2.45) is 0 Å². The fourth-order valence-electron chi connectivity index (χ4n) is 3.20. The highest BCUT2D eigenvalue weighted by Crippen LogP contribution is 2.17. The molecule has 4 rings (SSSR count). The Morgan fingerprint density at radius 1 is 1.12 bits per heavy atom. The van der Waals surface area contributed by atoms with E-state index in [-0.39, 0.29) is 17.6 Å². The topological polar surface area (TPSA) is 74.0 Å². The van der Waals surface area contributed by atoms with E-state index in [1.54, 1.807) is 23.1 Å². The number of benzene rings is 1. The summed E-state index contributed by atoms with van der Waals surface area (Å²) in [7, 11) is 0. The molecule has 0 amide bonds. The van der Waals surface area contributed by atoms with E-state index in [2.05, 4.69) is 27.6 Å². The highest BCUT2D eigenvalue weighted by molar-refractivity contribution is 5.18. The first-order valence-corrected chi connectivity index (χ1v) is 8.76. The largest absolute Gasteiger partial charge is 0.377 e. The Bertz CT molecular complexity index is 892. The van der Waals surface area contributed by atoms with Crippen LogP contribution in [0.15, 0.2) is 65.7 Å². The first-order chi connectivity index (χ1) is 12.8. The van der Waals surface area contributed by atoms with Crippen LogP contribution < -0.4 is 10.9 Å². The minimum Gasteiger partial charge on any atom is -0.377 e. The van der Waals surface area contributed by atoms with Crippen molar-refractivity contribution in [2.75, 3.05) is 19.8 Å². The van der Waals surface area contributed by atoms with Gasteiger partial charge in [0, 0.05) is 18.5 Å². The van der Waals surface area contributed by atoms with Crippen molar-refractivity contribution in [1.29, 1.82) is 0 Å². The summed E-state index contributed by atoms with van der Waals surface area (Å²) in [6, 6.07) is 15.3. The Balaban J connectivity index is 1.48. The fraction of sp³-hybridized carbons (Fsp3) is 0.316. The van der Waals surface area contributed by atoms with Crippen LogP contribution in [-0.2, 0) is 11.2 Å². The van der Waals surface area contributed by atoms with Crippen LogP contribution in [0.25, 0.3) is 5.82 Å². The van der Waals surface area contributed by atoms with E-state index >= 15 is 0 Å². The van der Waals surface area contributed by atoms with Gasteiger partial charge < -0.3 is 10.1 Å². The summed E-state index contributed by atoms with van der Waals surface area (Å²) in [4.78, 5) is 12.4. The fourth-order valence-corrected chi connectivity index (χ4v) is 3.20. The van der Waals surface area contributed by atoms with Crippen molar-refractivity contribution in [3.63, 3.8) is 0 Å². The molecule has 134 valence electrons. The number of ether oxygens (including phenoxy) is 1. The maximum absolute atomic E-state index is 12.4. The maximum Gasteiger partial charge on any atom is 0.267 e. The zero-order valence-corrected chi connectivity index (χ0v) is 14.4. The first-order valence-electron chi connectivity index (χ1n) is 8.76. The summed E-state index contributed by atoms with van der Waals surface area (Å²) in [5, 5.41) is 12.2. The lowest BCUT2D eigenvalue weighted by Gasteiger charge is -2.20. The van der Waals surface area contributed by atoms with Crippen LogP contribution in [-0.4, -0.2) is 45.4 Å². The van der Waals surface area contributed by atoms with Gasteiger partial charge in [0.15, 0.2) is 5.82 Å².